The maximum Gasteiger partial charge on any atom is 0.333 e. The summed E-state index contributed by atoms with van der Waals surface area (Å²) in [5, 5.41) is 0. The zero-order chi connectivity index (χ0) is 11.0. The SMILES string of the molecule is C=CCOC(=O)C(=C)CCCN(C)C. The normalized spacial score (nSPS) is 9.93. The molecule has 0 aromatic carbocycles. The van der Waals surface area contributed by atoms with Crippen LogP contribution in [0.25, 0.3) is 0 Å². The minimum absolute atomic E-state index is 0.255. The summed E-state index contributed by atoms with van der Waals surface area (Å²) < 4.78 is 4.84. The highest BCUT2D eigenvalue weighted by molar-refractivity contribution is 5.87. The predicted molar refractivity (Wildman–Crippen MR) is 58.1 cm³/mol. The Morgan fingerprint density at radius 2 is 2.14 bits per heavy atom. The van der Waals surface area contributed by atoms with Crippen molar-refractivity contribution in [2.45, 2.75) is 12.8 Å². The molecule has 0 heterocycles. The molecule has 0 aromatic rings. The van der Waals surface area contributed by atoms with Gasteiger partial charge in [0, 0.05) is 5.57 Å². The van der Waals surface area contributed by atoms with E-state index in [1.807, 2.05) is 14.1 Å². The molecule has 0 atom stereocenters. The molecule has 14 heavy (non-hydrogen) atoms. The average Bonchev–Trinajstić information content (AvgIpc) is 2.13. The molecular weight excluding hydrogens is 178 g/mol. The lowest BCUT2D eigenvalue weighted by atomic mass is 10.1. The second kappa shape index (κ2) is 7.33. The molecule has 0 saturated carbocycles. The highest BCUT2D eigenvalue weighted by atomic mass is 16.5. The highest BCUT2D eigenvalue weighted by Gasteiger charge is 2.06. The van der Waals surface area contributed by atoms with Gasteiger partial charge in [-0.1, -0.05) is 19.2 Å². The number of hydrogen-bond donors (Lipinski definition) is 0. The van der Waals surface area contributed by atoms with E-state index >= 15 is 0 Å². The van der Waals surface area contributed by atoms with Crippen molar-refractivity contribution in [3.8, 4) is 0 Å². The van der Waals surface area contributed by atoms with Crippen molar-refractivity contribution in [1.29, 1.82) is 0 Å². The molecule has 0 amide bonds. The van der Waals surface area contributed by atoms with E-state index in [0.29, 0.717) is 12.0 Å². The summed E-state index contributed by atoms with van der Waals surface area (Å²) in [5.74, 6) is -0.316. The Morgan fingerprint density at radius 3 is 2.64 bits per heavy atom. The number of hydrogen-bond acceptors (Lipinski definition) is 3. The third-order valence-electron chi connectivity index (χ3n) is 1.70. The third-order valence-corrected chi connectivity index (χ3v) is 1.70. The highest BCUT2D eigenvalue weighted by Crippen LogP contribution is 2.04. The molecule has 80 valence electrons. The number of esters is 1. The van der Waals surface area contributed by atoms with E-state index in [-0.39, 0.29) is 12.6 Å². The van der Waals surface area contributed by atoms with Crippen molar-refractivity contribution in [2.75, 3.05) is 27.2 Å². The van der Waals surface area contributed by atoms with Crippen LogP contribution in [0, 0.1) is 0 Å². The van der Waals surface area contributed by atoms with Crippen molar-refractivity contribution in [3.63, 3.8) is 0 Å². The lowest BCUT2D eigenvalue weighted by Gasteiger charge is -2.09. The summed E-state index contributed by atoms with van der Waals surface area (Å²) in [7, 11) is 4.00. The van der Waals surface area contributed by atoms with Crippen LogP contribution in [-0.4, -0.2) is 38.1 Å². The van der Waals surface area contributed by atoms with Crippen molar-refractivity contribution < 1.29 is 9.53 Å². The van der Waals surface area contributed by atoms with Gasteiger partial charge in [0.2, 0.25) is 0 Å². The monoisotopic (exact) mass is 197 g/mol. The minimum Gasteiger partial charge on any atom is -0.458 e. The molecule has 0 aliphatic rings. The lowest BCUT2D eigenvalue weighted by molar-refractivity contribution is -0.137. The molecule has 0 radical (unpaired) electrons. The minimum atomic E-state index is -0.316. The van der Waals surface area contributed by atoms with Gasteiger partial charge in [0.15, 0.2) is 0 Å². The first-order valence-corrected chi connectivity index (χ1v) is 4.68. The zero-order valence-electron chi connectivity index (χ0n) is 9.08. The van der Waals surface area contributed by atoms with Crippen LogP contribution < -0.4 is 0 Å². The molecule has 0 aliphatic heterocycles. The van der Waals surface area contributed by atoms with E-state index in [1.165, 1.54) is 0 Å². The molecule has 0 rings (SSSR count). The van der Waals surface area contributed by atoms with Crippen molar-refractivity contribution in [2.24, 2.45) is 0 Å². The number of nitrogens with zero attached hydrogens (tertiary/aromatic N) is 1. The van der Waals surface area contributed by atoms with Crippen LogP contribution in [0.1, 0.15) is 12.8 Å². The van der Waals surface area contributed by atoms with E-state index < -0.39 is 0 Å². The number of carbonyl (C=O) groups is 1. The summed E-state index contributed by atoms with van der Waals surface area (Å²) in [4.78, 5) is 13.3. The molecule has 0 aliphatic carbocycles. The smallest absolute Gasteiger partial charge is 0.333 e. The molecule has 0 N–H and O–H groups in total. The van der Waals surface area contributed by atoms with Gasteiger partial charge in [-0.3, -0.25) is 0 Å². The van der Waals surface area contributed by atoms with Crippen molar-refractivity contribution in [3.05, 3.63) is 24.8 Å². The third kappa shape index (κ3) is 6.43. The second-order valence-corrected chi connectivity index (χ2v) is 3.40. The van der Waals surface area contributed by atoms with Gasteiger partial charge in [-0.25, -0.2) is 4.79 Å². The quantitative estimate of drug-likeness (QED) is 0.353. The largest absolute Gasteiger partial charge is 0.458 e. The second-order valence-electron chi connectivity index (χ2n) is 3.40. The first-order chi connectivity index (χ1) is 6.57. The van der Waals surface area contributed by atoms with Crippen molar-refractivity contribution >= 4 is 5.97 Å². The first-order valence-electron chi connectivity index (χ1n) is 4.68. The standard InChI is InChI=1S/C11H19NO2/c1-5-9-14-11(13)10(2)7-6-8-12(3)4/h5H,1-2,6-9H2,3-4H3. The molecule has 0 unspecified atom stereocenters. The average molecular weight is 197 g/mol. The first kappa shape index (κ1) is 12.9. The fourth-order valence-corrected chi connectivity index (χ4v) is 0.947. The topological polar surface area (TPSA) is 29.5 Å². The van der Waals surface area contributed by atoms with Gasteiger partial charge in [-0.05, 0) is 33.5 Å². The van der Waals surface area contributed by atoms with Gasteiger partial charge in [0.05, 0.1) is 0 Å². The van der Waals surface area contributed by atoms with Gasteiger partial charge >= 0.3 is 5.97 Å². The van der Waals surface area contributed by atoms with E-state index in [1.54, 1.807) is 6.08 Å². The summed E-state index contributed by atoms with van der Waals surface area (Å²) in [6, 6.07) is 0. The molecule has 0 fully saturated rings. The Kier molecular flexibility index (Phi) is 6.76. The van der Waals surface area contributed by atoms with Crippen LogP contribution in [0.5, 0.6) is 0 Å². The Labute approximate surface area is 86.0 Å². The molecule has 0 saturated heterocycles. The fourth-order valence-electron chi connectivity index (χ4n) is 0.947. The summed E-state index contributed by atoms with van der Waals surface area (Å²) in [6.45, 7) is 8.35. The summed E-state index contributed by atoms with van der Waals surface area (Å²) >= 11 is 0. The van der Waals surface area contributed by atoms with Gasteiger partial charge in [-0.15, -0.1) is 0 Å². The maximum absolute atomic E-state index is 11.2. The molecule has 3 heteroatoms. The molecule has 0 bridgehead atoms. The van der Waals surface area contributed by atoms with E-state index in [0.717, 1.165) is 13.0 Å². The Morgan fingerprint density at radius 1 is 1.50 bits per heavy atom. The maximum atomic E-state index is 11.2. The summed E-state index contributed by atoms with van der Waals surface area (Å²) in [5.41, 5.74) is 0.536. The van der Waals surface area contributed by atoms with Crippen molar-refractivity contribution in [1.82, 2.24) is 4.90 Å². The number of rotatable bonds is 7. The Hall–Kier alpha value is -1.09. The van der Waals surface area contributed by atoms with Crippen LogP contribution in [0.15, 0.2) is 24.8 Å². The van der Waals surface area contributed by atoms with Crippen LogP contribution in [-0.2, 0) is 9.53 Å². The molecular formula is C11H19NO2. The van der Waals surface area contributed by atoms with E-state index in [2.05, 4.69) is 18.1 Å². The van der Waals surface area contributed by atoms with Gasteiger partial charge in [-0.2, -0.15) is 0 Å². The molecule has 0 aromatic heterocycles. The van der Waals surface area contributed by atoms with E-state index in [9.17, 15) is 4.79 Å². The number of ether oxygens (including phenoxy) is 1. The Balaban J connectivity index is 3.62. The molecule has 0 spiro atoms. The van der Waals surface area contributed by atoms with Crippen LogP contribution >= 0.6 is 0 Å². The molecule has 3 nitrogen and oxygen atoms in total. The predicted octanol–water partition coefficient (Wildman–Crippen LogP) is 1.61. The van der Waals surface area contributed by atoms with E-state index in [4.69, 9.17) is 4.74 Å². The zero-order valence-corrected chi connectivity index (χ0v) is 9.08. The van der Waals surface area contributed by atoms with Gasteiger partial charge < -0.3 is 9.64 Å². The summed E-state index contributed by atoms with van der Waals surface area (Å²) in [6.07, 6.45) is 3.16. The Bertz CT molecular complexity index is 209. The fraction of sp³-hybridized carbons (Fsp3) is 0.545. The van der Waals surface area contributed by atoms with Gasteiger partial charge in [0.25, 0.3) is 0 Å². The van der Waals surface area contributed by atoms with Crippen LogP contribution in [0.2, 0.25) is 0 Å². The van der Waals surface area contributed by atoms with Crippen LogP contribution in [0.4, 0.5) is 0 Å². The van der Waals surface area contributed by atoms with Gasteiger partial charge in [0.1, 0.15) is 6.61 Å². The lowest BCUT2D eigenvalue weighted by Crippen LogP contribution is -2.14. The number of carbonyl (C=O) groups excluding carboxylic acids is 1. The van der Waals surface area contributed by atoms with Crippen LogP contribution in [0.3, 0.4) is 0 Å².